The first-order valence-corrected chi connectivity index (χ1v) is 6.34. The van der Waals surface area contributed by atoms with Gasteiger partial charge >= 0.3 is 5.97 Å². The van der Waals surface area contributed by atoms with E-state index in [1.165, 1.54) is 17.1 Å². The molecule has 1 N–H and O–H groups in total. The largest absolute Gasteiger partial charge is 0.480 e. The van der Waals surface area contributed by atoms with Gasteiger partial charge in [-0.15, -0.1) is 0 Å². The van der Waals surface area contributed by atoms with Crippen LogP contribution in [-0.4, -0.2) is 34.5 Å². The smallest absolute Gasteiger partial charge is 0.326 e. The second kappa shape index (κ2) is 5.39. The second-order valence-corrected chi connectivity index (χ2v) is 4.78. The Balaban J connectivity index is 2.03. The van der Waals surface area contributed by atoms with Crippen molar-refractivity contribution in [1.29, 1.82) is 0 Å². The number of likely N-dealkylation sites (tertiary alicyclic amines) is 1. The highest BCUT2D eigenvalue weighted by Crippen LogP contribution is 2.19. The first kappa shape index (κ1) is 12.9. The molecule has 96 valence electrons. The first-order chi connectivity index (χ1) is 8.58. The number of aliphatic carboxylic acids is 1. The fourth-order valence-electron chi connectivity index (χ4n) is 1.95. The van der Waals surface area contributed by atoms with Crippen LogP contribution in [0.1, 0.15) is 18.6 Å². The van der Waals surface area contributed by atoms with Gasteiger partial charge < -0.3 is 14.4 Å². The lowest BCUT2D eigenvalue weighted by molar-refractivity contribution is -0.146. The van der Waals surface area contributed by atoms with Crippen LogP contribution >= 0.6 is 15.9 Å². The minimum absolute atomic E-state index is 0.299. The minimum Gasteiger partial charge on any atom is -0.480 e. The zero-order chi connectivity index (χ0) is 13.1. The molecule has 1 amide bonds. The van der Waals surface area contributed by atoms with Gasteiger partial charge in [-0.2, -0.15) is 0 Å². The molecule has 6 heteroatoms. The SMILES string of the molecule is O=C(O)[C@H]1CCCN1C(=O)C=Cc1ccc(Br)o1. The van der Waals surface area contributed by atoms with Gasteiger partial charge in [-0.05, 0) is 47.0 Å². The topological polar surface area (TPSA) is 70.8 Å². The number of hydrogen-bond donors (Lipinski definition) is 1. The van der Waals surface area contributed by atoms with E-state index >= 15 is 0 Å². The van der Waals surface area contributed by atoms with Gasteiger partial charge in [0.15, 0.2) is 4.67 Å². The van der Waals surface area contributed by atoms with Crippen LogP contribution in [0.5, 0.6) is 0 Å². The number of carboxylic acids is 1. The van der Waals surface area contributed by atoms with E-state index in [0.717, 1.165) is 6.42 Å². The average molecular weight is 314 g/mol. The van der Waals surface area contributed by atoms with Crippen molar-refractivity contribution in [2.75, 3.05) is 6.54 Å². The van der Waals surface area contributed by atoms with Crippen molar-refractivity contribution >= 4 is 33.9 Å². The lowest BCUT2D eigenvalue weighted by atomic mass is 10.2. The number of hydrogen-bond acceptors (Lipinski definition) is 3. The molecule has 1 aliphatic rings. The number of furan rings is 1. The number of carbonyl (C=O) groups excluding carboxylic acids is 1. The third kappa shape index (κ3) is 2.81. The molecule has 0 bridgehead atoms. The molecule has 0 radical (unpaired) electrons. The van der Waals surface area contributed by atoms with Crippen LogP contribution < -0.4 is 0 Å². The molecule has 2 rings (SSSR count). The Bertz CT molecular complexity index is 494. The van der Waals surface area contributed by atoms with E-state index in [1.807, 2.05) is 0 Å². The number of rotatable bonds is 3. The van der Waals surface area contributed by atoms with Gasteiger partial charge in [0.1, 0.15) is 11.8 Å². The maximum Gasteiger partial charge on any atom is 0.326 e. The molecular formula is C12H12BrNO4. The molecule has 0 spiro atoms. The Morgan fingerprint density at radius 2 is 2.28 bits per heavy atom. The monoisotopic (exact) mass is 313 g/mol. The van der Waals surface area contributed by atoms with Crippen molar-refractivity contribution in [3.63, 3.8) is 0 Å². The summed E-state index contributed by atoms with van der Waals surface area (Å²) in [6.45, 7) is 0.488. The summed E-state index contributed by atoms with van der Waals surface area (Å²) < 4.78 is 5.80. The van der Waals surface area contributed by atoms with Crippen molar-refractivity contribution in [1.82, 2.24) is 4.90 Å². The first-order valence-electron chi connectivity index (χ1n) is 5.55. The highest BCUT2D eigenvalue weighted by Gasteiger charge is 2.32. The van der Waals surface area contributed by atoms with Gasteiger partial charge in [0.05, 0.1) is 0 Å². The summed E-state index contributed by atoms with van der Waals surface area (Å²) in [5, 5.41) is 8.98. The fourth-order valence-corrected chi connectivity index (χ4v) is 2.27. The van der Waals surface area contributed by atoms with E-state index < -0.39 is 12.0 Å². The van der Waals surface area contributed by atoms with Crippen molar-refractivity contribution < 1.29 is 19.1 Å². The summed E-state index contributed by atoms with van der Waals surface area (Å²) in [7, 11) is 0. The molecule has 1 aliphatic heterocycles. The Morgan fingerprint density at radius 1 is 1.50 bits per heavy atom. The minimum atomic E-state index is -0.949. The third-order valence-corrected chi connectivity index (χ3v) is 3.23. The molecule has 1 aromatic rings. The zero-order valence-corrected chi connectivity index (χ0v) is 11.1. The number of carboxylic acid groups (broad SMARTS) is 1. The highest BCUT2D eigenvalue weighted by atomic mass is 79.9. The molecule has 0 aromatic carbocycles. The Kier molecular flexibility index (Phi) is 3.86. The Morgan fingerprint density at radius 3 is 2.89 bits per heavy atom. The van der Waals surface area contributed by atoms with E-state index in [4.69, 9.17) is 9.52 Å². The summed E-state index contributed by atoms with van der Waals surface area (Å²) in [5.41, 5.74) is 0. The third-order valence-electron chi connectivity index (χ3n) is 2.81. The summed E-state index contributed by atoms with van der Waals surface area (Å²) in [5.74, 6) is -0.705. The molecule has 5 nitrogen and oxygen atoms in total. The van der Waals surface area contributed by atoms with Crippen molar-refractivity contribution in [3.8, 4) is 0 Å². The van der Waals surface area contributed by atoms with Crippen molar-refractivity contribution in [3.05, 3.63) is 28.6 Å². The van der Waals surface area contributed by atoms with Gasteiger partial charge in [-0.25, -0.2) is 4.79 Å². The van der Waals surface area contributed by atoms with Crippen molar-refractivity contribution in [2.45, 2.75) is 18.9 Å². The van der Waals surface area contributed by atoms with Crippen molar-refractivity contribution in [2.24, 2.45) is 0 Å². The summed E-state index contributed by atoms with van der Waals surface area (Å²) in [4.78, 5) is 24.2. The van der Waals surface area contributed by atoms with E-state index in [0.29, 0.717) is 23.4 Å². The predicted octanol–water partition coefficient (Wildman–Crippen LogP) is 2.13. The van der Waals surface area contributed by atoms with Crippen LogP contribution in [0.2, 0.25) is 0 Å². The van der Waals surface area contributed by atoms with Gasteiger partial charge in [0.2, 0.25) is 5.91 Å². The van der Waals surface area contributed by atoms with Gasteiger partial charge in [-0.1, -0.05) is 0 Å². The van der Waals surface area contributed by atoms with Crippen LogP contribution in [0.25, 0.3) is 6.08 Å². The lowest BCUT2D eigenvalue weighted by Crippen LogP contribution is -2.39. The molecule has 2 heterocycles. The van der Waals surface area contributed by atoms with Crippen LogP contribution in [-0.2, 0) is 9.59 Å². The standard InChI is InChI=1S/C12H12BrNO4/c13-10-5-3-8(18-10)4-6-11(15)14-7-1-2-9(14)12(16)17/h3-6,9H,1-2,7H2,(H,16,17)/t9-/m1/s1. The molecular weight excluding hydrogens is 302 g/mol. The molecule has 0 aliphatic carbocycles. The normalized spacial score (nSPS) is 19.6. The summed E-state index contributed by atoms with van der Waals surface area (Å²) in [6.07, 6.45) is 4.11. The van der Waals surface area contributed by atoms with E-state index in [2.05, 4.69) is 15.9 Å². The van der Waals surface area contributed by atoms with Crippen LogP contribution in [0, 0.1) is 0 Å². The molecule has 0 unspecified atom stereocenters. The van der Waals surface area contributed by atoms with E-state index in [1.54, 1.807) is 12.1 Å². The fraction of sp³-hybridized carbons (Fsp3) is 0.333. The van der Waals surface area contributed by atoms with Crippen LogP contribution in [0.4, 0.5) is 0 Å². The quantitative estimate of drug-likeness (QED) is 0.868. The predicted molar refractivity (Wildman–Crippen MR) is 67.8 cm³/mol. The number of amides is 1. The lowest BCUT2D eigenvalue weighted by Gasteiger charge is -2.19. The van der Waals surface area contributed by atoms with Gasteiger partial charge in [-0.3, -0.25) is 4.79 Å². The number of nitrogens with zero attached hydrogens (tertiary/aromatic N) is 1. The highest BCUT2D eigenvalue weighted by molar-refractivity contribution is 9.10. The number of halogens is 1. The summed E-state index contributed by atoms with van der Waals surface area (Å²) >= 11 is 3.16. The number of carbonyl (C=O) groups is 2. The van der Waals surface area contributed by atoms with Gasteiger partial charge in [0.25, 0.3) is 0 Å². The molecule has 1 saturated heterocycles. The van der Waals surface area contributed by atoms with Crippen LogP contribution in [0.15, 0.2) is 27.3 Å². The molecule has 0 saturated carbocycles. The average Bonchev–Trinajstić information content (AvgIpc) is 2.94. The second-order valence-electron chi connectivity index (χ2n) is 4.00. The van der Waals surface area contributed by atoms with Crippen LogP contribution in [0.3, 0.4) is 0 Å². The Hall–Kier alpha value is -1.56. The zero-order valence-electron chi connectivity index (χ0n) is 9.51. The summed E-state index contributed by atoms with van der Waals surface area (Å²) in [6, 6.07) is 2.73. The molecule has 1 fully saturated rings. The van der Waals surface area contributed by atoms with Gasteiger partial charge in [0, 0.05) is 12.6 Å². The maximum atomic E-state index is 11.9. The Labute approximate surface area is 112 Å². The van der Waals surface area contributed by atoms with E-state index in [9.17, 15) is 9.59 Å². The molecule has 1 aromatic heterocycles. The van der Waals surface area contributed by atoms with E-state index in [-0.39, 0.29) is 5.91 Å². The molecule has 1 atom stereocenters. The maximum absolute atomic E-state index is 11.9. The molecule has 18 heavy (non-hydrogen) atoms.